The summed E-state index contributed by atoms with van der Waals surface area (Å²) >= 11 is 0. The number of hydrogen-bond acceptors (Lipinski definition) is 6. The minimum absolute atomic E-state index is 0.0182. The van der Waals surface area contributed by atoms with Gasteiger partial charge >= 0.3 is 0 Å². The molecule has 1 aliphatic heterocycles. The third-order valence-corrected chi connectivity index (χ3v) is 6.00. The highest BCUT2D eigenvalue weighted by Gasteiger charge is 2.30. The van der Waals surface area contributed by atoms with Crippen molar-refractivity contribution in [2.24, 2.45) is 5.73 Å². The standard InChI is InChI=1S/C22H26N6O/c1-15-2-7-19-20(15)21(26-14-25-19)27-8-10-28(11-9-27)22(29)18(24)12-16-3-5-17(13-23)6-4-16/h3-6,14-15,18H,2,7-12,24H2,1H3/t15-,18-/m1/s1. The van der Waals surface area contributed by atoms with E-state index in [0.29, 0.717) is 31.0 Å². The summed E-state index contributed by atoms with van der Waals surface area (Å²) < 4.78 is 0. The Morgan fingerprint density at radius 2 is 1.97 bits per heavy atom. The van der Waals surface area contributed by atoms with Gasteiger partial charge in [0.05, 0.1) is 17.7 Å². The van der Waals surface area contributed by atoms with Crippen LogP contribution in [0.15, 0.2) is 30.6 Å². The van der Waals surface area contributed by atoms with Crippen molar-refractivity contribution in [3.05, 3.63) is 53.0 Å². The maximum atomic E-state index is 12.8. The molecule has 0 unspecified atom stereocenters. The SMILES string of the molecule is C[C@@H]1CCc2ncnc(N3CCN(C(=O)[C@H](N)Cc4ccc(C#N)cc4)CC3)c21. The first-order chi connectivity index (χ1) is 14.1. The second-order valence-corrected chi connectivity index (χ2v) is 7.93. The molecule has 1 saturated heterocycles. The van der Waals surface area contributed by atoms with Gasteiger partial charge in [-0.2, -0.15) is 5.26 Å². The fourth-order valence-electron chi connectivity index (χ4n) is 4.30. The van der Waals surface area contributed by atoms with Crippen LogP contribution in [-0.4, -0.2) is 53.0 Å². The Hall–Kier alpha value is -2.98. The molecule has 2 N–H and O–H groups in total. The van der Waals surface area contributed by atoms with Gasteiger partial charge in [-0.1, -0.05) is 19.1 Å². The third-order valence-electron chi connectivity index (χ3n) is 6.00. The molecule has 0 spiro atoms. The predicted octanol–water partition coefficient (Wildman–Crippen LogP) is 1.62. The van der Waals surface area contributed by atoms with Crippen LogP contribution < -0.4 is 10.6 Å². The molecular weight excluding hydrogens is 364 g/mol. The summed E-state index contributed by atoms with van der Waals surface area (Å²) in [5.74, 6) is 1.51. The molecule has 0 saturated carbocycles. The van der Waals surface area contributed by atoms with Crippen molar-refractivity contribution in [2.45, 2.75) is 38.1 Å². The molecule has 1 amide bonds. The zero-order valence-electron chi connectivity index (χ0n) is 16.7. The van der Waals surface area contributed by atoms with Crippen LogP contribution in [0.1, 0.15) is 41.6 Å². The normalized spacial score (nSPS) is 19.6. The van der Waals surface area contributed by atoms with Gasteiger partial charge in [-0.3, -0.25) is 4.79 Å². The van der Waals surface area contributed by atoms with Crippen molar-refractivity contribution < 1.29 is 4.79 Å². The summed E-state index contributed by atoms with van der Waals surface area (Å²) in [5.41, 5.74) is 10.2. The fourth-order valence-corrected chi connectivity index (χ4v) is 4.30. The summed E-state index contributed by atoms with van der Waals surface area (Å²) in [4.78, 5) is 26.0. The molecule has 1 fully saturated rings. The molecule has 2 atom stereocenters. The van der Waals surface area contributed by atoms with Gasteiger partial charge in [0.15, 0.2) is 0 Å². The van der Waals surface area contributed by atoms with Gasteiger partial charge in [0, 0.05) is 37.4 Å². The van der Waals surface area contributed by atoms with Crippen LogP contribution in [0.4, 0.5) is 5.82 Å². The monoisotopic (exact) mass is 390 g/mol. The molecule has 1 aromatic carbocycles. The van der Waals surface area contributed by atoms with E-state index in [2.05, 4.69) is 27.9 Å². The van der Waals surface area contributed by atoms with Crippen LogP contribution in [-0.2, 0) is 17.6 Å². The third kappa shape index (κ3) is 3.94. The van der Waals surface area contributed by atoms with Crippen LogP contribution in [0, 0.1) is 11.3 Å². The summed E-state index contributed by atoms with van der Waals surface area (Å²) in [6, 6.07) is 8.76. The van der Waals surface area contributed by atoms with Gasteiger partial charge in [0.2, 0.25) is 5.91 Å². The second-order valence-electron chi connectivity index (χ2n) is 7.93. The molecule has 150 valence electrons. The van der Waals surface area contributed by atoms with Gasteiger partial charge < -0.3 is 15.5 Å². The van der Waals surface area contributed by atoms with Gasteiger partial charge in [-0.25, -0.2) is 9.97 Å². The largest absolute Gasteiger partial charge is 0.353 e. The van der Waals surface area contributed by atoms with E-state index in [-0.39, 0.29) is 5.91 Å². The molecule has 7 nitrogen and oxygen atoms in total. The van der Waals surface area contributed by atoms with Crippen molar-refractivity contribution in [3.63, 3.8) is 0 Å². The number of amides is 1. The second kappa shape index (κ2) is 8.18. The number of carbonyl (C=O) groups excluding carboxylic acids is 1. The average molecular weight is 390 g/mol. The van der Waals surface area contributed by atoms with Gasteiger partial charge in [0.1, 0.15) is 12.1 Å². The highest BCUT2D eigenvalue weighted by molar-refractivity contribution is 5.82. The number of carbonyl (C=O) groups is 1. The van der Waals surface area contributed by atoms with Crippen LogP contribution in [0.25, 0.3) is 0 Å². The van der Waals surface area contributed by atoms with Crippen molar-refractivity contribution in [3.8, 4) is 6.07 Å². The van der Waals surface area contributed by atoms with Gasteiger partial charge in [0.25, 0.3) is 0 Å². The average Bonchev–Trinajstić information content (AvgIpc) is 3.15. The van der Waals surface area contributed by atoms with E-state index >= 15 is 0 Å². The lowest BCUT2D eigenvalue weighted by atomic mass is 10.0. The van der Waals surface area contributed by atoms with Crippen molar-refractivity contribution >= 4 is 11.7 Å². The maximum absolute atomic E-state index is 12.8. The number of nitrogens with zero attached hydrogens (tertiary/aromatic N) is 5. The molecule has 29 heavy (non-hydrogen) atoms. The van der Waals surface area contributed by atoms with Crippen LogP contribution in [0.3, 0.4) is 0 Å². The first-order valence-corrected chi connectivity index (χ1v) is 10.2. The molecule has 2 heterocycles. The summed E-state index contributed by atoms with van der Waals surface area (Å²) in [6.45, 7) is 5.04. The van der Waals surface area contributed by atoms with Crippen LogP contribution in [0.5, 0.6) is 0 Å². The first kappa shape index (κ1) is 19.3. The van der Waals surface area contributed by atoms with E-state index in [1.165, 1.54) is 11.3 Å². The first-order valence-electron chi connectivity index (χ1n) is 10.2. The Bertz CT molecular complexity index is 927. The molecule has 7 heteroatoms. The molecule has 0 bridgehead atoms. The Morgan fingerprint density at radius 1 is 1.24 bits per heavy atom. The van der Waals surface area contributed by atoms with Crippen molar-refractivity contribution in [2.75, 3.05) is 31.1 Å². The highest BCUT2D eigenvalue weighted by atomic mass is 16.2. The maximum Gasteiger partial charge on any atom is 0.239 e. The molecule has 2 aliphatic rings. The Balaban J connectivity index is 1.36. The Kier molecular flexibility index (Phi) is 5.45. The number of piperazine rings is 1. The van der Waals surface area contributed by atoms with E-state index in [9.17, 15) is 4.79 Å². The predicted molar refractivity (Wildman–Crippen MR) is 110 cm³/mol. The number of benzene rings is 1. The van der Waals surface area contributed by atoms with Gasteiger partial charge in [-0.05, 0) is 42.9 Å². The quantitative estimate of drug-likeness (QED) is 0.852. The Morgan fingerprint density at radius 3 is 2.66 bits per heavy atom. The molecule has 2 aromatic rings. The van der Waals surface area contributed by atoms with E-state index < -0.39 is 6.04 Å². The lowest BCUT2D eigenvalue weighted by molar-refractivity contribution is -0.132. The van der Waals surface area contributed by atoms with E-state index in [4.69, 9.17) is 11.0 Å². The number of aryl methyl sites for hydroxylation is 1. The number of nitrogens with two attached hydrogens (primary N) is 1. The molecular formula is C22H26N6O. The number of anilines is 1. The number of nitriles is 1. The highest BCUT2D eigenvalue weighted by Crippen LogP contribution is 2.37. The van der Waals surface area contributed by atoms with Crippen molar-refractivity contribution in [1.29, 1.82) is 5.26 Å². The zero-order chi connectivity index (χ0) is 20.4. The molecule has 1 aliphatic carbocycles. The lowest BCUT2D eigenvalue weighted by Crippen LogP contribution is -2.54. The van der Waals surface area contributed by atoms with Gasteiger partial charge in [-0.15, -0.1) is 0 Å². The topological polar surface area (TPSA) is 99.1 Å². The number of aromatic nitrogens is 2. The number of fused-ring (bicyclic) bond motifs is 1. The minimum Gasteiger partial charge on any atom is -0.353 e. The number of hydrogen-bond donors (Lipinski definition) is 1. The zero-order valence-corrected chi connectivity index (χ0v) is 16.7. The van der Waals surface area contributed by atoms with Crippen LogP contribution in [0.2, 0.25) is 0 Å². The fraction of sp³-hybridized carbons (Fsp3) is 0.455. The smallest absolute Gasteiger partial charge is 0.239 e. The van der Waals surface area contributed by atoms with Crippen LogP contribution >= 0.6 is 0 Å². The van der Waals surface area contributed by atoms with E-state index in [0.717, 1.165) is 37.3 Å². The molecule has 4 rings (SSSR count). The van der Waals surface area contributed by atoms with E-state index in [1.54, 1.807) is 18.5 Å². The molecule has 1 aromatic heterocycles. The summed E-state index contributed by atoms with van der Waals surface area (Å²) in [5, 5.41) is 8.89. The number of rotatable bonds is 4. The summed E-state index contributed by atoms with van der Waals surface area (Å²) in [6.07, 6.45) is 4.29. The van der Waals surface area contributed by atoms with Crippen molar-refractivity contribution in [1.82, 2.24) is 14.9 Å². The Labute approximate surface area is 171 Å². The molecule has 0 radical (unpaired) electrons. The lowest BCUT2D eigenvalue weighted by Gasteiger charge is -2.37. The van der Waals surface area contributed by atoms with E-state index in [1.807, 2.05) is 17.0 Å². The summed E-state index contributed by atoms with van der Waals surface area (Å²) in [7, 11) is 0. The minimum atomic E-state index is -0.571.